The Bertz CT molecular complexity index is 10.1. The van der Waals surface area contributed by atoms with Gasteiger partial charge in [-0.05, 0) is 0 Å². The van der Waals surface area contributed by atoms with Gasteiger partial charge in [0.05, 0.1) is 0 Å². The minimum atomic E-state index is 0. The normalized spacial score (nSPS) is 2.57. The molecule has 7 heavy (non-hydrogen) atoms. The molecule has 0 aliphatic heterocycles. The fourth-order valence-corrected chi connectivity index (χ4v) is 0. The van der Waals surface area contributed by atoms with Crippen LogP contribution in [-0.4, -0.2) is 36.1 Å². The Hall–Kier alpha value is 1.58. The van der Waals surface area contributed by atoms with Gasteiger partial charge < -0.3 is 37.9 Å². The number of hydrogen-bond donors (Lipinski definition) is 0. The van der Waals surface area contributed by atoms with Crippen LogP contribution in [0.5, 0.6) is 0 Å². The van der Waals surface area contributed by atoms with Gasteiger partial charge in [0.25, 0.3) is 0 Å². The molecule has 0 rings (SSSR count). The Morgan fingerprint density at radius 2 is 0.571 bits per heavy atom. The first kappa shape index (κ1) is 23.5. The fourth-order valence-electron chi connectivity index (χ4n) is 0. The Kier molecular flexibility index (Phi) is 440. The SMILES string of the molecule is C[S-].C[S-].C[S-].[Al+3]. The van der Waals surface area contributed by atoms with E-state index in [0.29, 0.717) is 0 Å². The van der Waals surface area contributed by atoms with Gasteiger partial charge in [-0.1, -0.05) is 0 Å². The predicted molar refractivity (Wildman–Crippen MR) is 45.6 cm³/mol. The third-order valence-electron chi connectivity index (χ3n) is 0. The average Bonchev–Trinajstić information content (AvgIpc) is 1.81. The van der Waals surface area contributed by atoms with Gasteiger partial charge in [0, 0.05) is 0 Å². The smallest absolute Gasteiger partial charge is 0.796 e. The molecule has 0 aromatic rings. The minimum absolute atomic E-state index is 0. The second kappa shape index (κ2) is 131. The summed E-state index contributed by atoms with van der Waals surface area (Å²) in [5, 5.41) is 0. The van der Waals surface area contributed by atoms with Crippen molar-refractivity contribution in [3.63, 3.8) is 0 Å². The summed E-state index contributed by atoms with van der Waals surface area (Å²) in [4.78, 5) is 0. The van der Waals surface area contributed by atoms with E-state index in [2.05, 4.69) is 37.9 Å². The number of rotatable bonds is 0. The van der Waals surface area contributed by atoms with Crippen molar-refractivity contribution in [1.29, 1.82) is 0 Å². The summed E-state index contributed by atoms with van der Waals surface area (Å²) in [6, 6.07) is 0. The van der Waals surface area contributed by atoms with Crippen molar-refractivity contribution < 1.29 is 0 Å². The summed E-state index contributed by atoms with van der Waals surface area (Å²) in [6.45, 7) is 0. The van der Waals surface area contributed by atoms with Gasteiger partial charge in [-0.2, -0.15) is 18.8 Å². The maximum Gasteiger partial charge on any atom is 3.00 e. The zero-order valence-electron chi connectivity index (χ0n) is 4.80. The van der Waals surface area contributed by atoms with Crippen LogP contribution in [0.3, 0.4) is 0 Å². The van der Waals surface area contributed by atoms with E-state index in [9.17, 15) is 0 Å². The largest absolute Gasteiger partial charge is 3.00 e. The first-order valence-electron chi connectivity index (χ1n) is 1.22. The molecule has 0 aliphatic rings. The standard InChI is InChI=1S/3CH4S.Al/c3*1-2;/h3*2H,1H3;/q;;;+3/p-3. The molecule has 0 fully saturated rings. The van der Waals surface area contributed by atoms with Crippen LogP contribution in [0.25, 0.3) is 0 Å². The van der Waals surface area contributed by atoms with Crippen molar-refractivity contribution >= 4 is 55.2 Å². The third-order valence-corrected chi connectivity index (χ3v) is 0. The van der Waals surface area contributed by atoms with Gasteiger partial charge in [-0.25, -0.2) is 0 Å². The van der Waals surface area contributed by atoms with E-state index in [0.717, 1.165) is 0 Å². The van der Waals surface area contributed by atoms with E-state index in [1.807, 2.05) is 0 Å². The molecule has 0 unspecified atom stereocenters. The molecule has 0 N–H and O–H groups in total. The molecular weight excluding hydrogens is 159 g/mol. The molecule has 0 heterocycles. The minimum Gasteiger partial charge on any atom is -0.796 e. The first-order valence-corrected chi connectivity index (χ1v) is 3.67. The van der Waals surface area contributed by atoms with Crippen molar-refractivity contribution in [3.8, 4) is 0 Å². The third kappa shape index (κ3) is 94.4. The van der Waals surface area contributed by atoms with Crippen LogP contribution >= 0.6 is 0 Å². The van der Waals surface area contributed by atoms with Crippen LogP contribution in [0.1, 0.15) is 0 Å². The van der Waals surface area contributed by atoms with Gasteiger partial charge in [0.1, 0.15) is 0 Å². The Morgan fingerprint density at radius 1 is 0.571 bits per heavy atom. The molecule has 0 amide bonds. The molecular formula is C3H9AlS3. The fraction of sp³-hybridized carbons (Fsp3) is 1.00. The van der Waals surface area contributed by atoms with Crippen LogP contribution in [-0.2, 0) is 37.9 Å². The van der Waals surface area contributed by atoms with Crippen LogP contribution in [0, 0.1) is 0 Å². The second-order valence-electron chi connectivity index (χ2n) is 0. The second-order valence-corrected chi connectivity index (χ2v) is 0. The van der Waals surface area contributed by atoms with Gasteiger partial charge in [0.15, 0.2) is 0 Å². The van der Waals surface area contributed by atoms with Crippen LogP contribution < -0.4 is 0 Å². The van der Waals surface area contributed by atoms with Gasteiger partial charge in [-0.15, -0.1) is 0 Å². The first-order chi connectivity index (χ1) is 3.00. The van der Waals surface area contributed by atoms with Crippen molar-refractivity contribution in [1.82, 2.24) is 0 Å². The molecule has 0 nitrogen and oxygen atoms in total. The van der Waals surface area contributed by atoms with E-state index < -0.39 is 0 Å². The van der Waals surface area contributed by atoms with Crippen LogP contribution in [0.2, 0.25) is 0 Å². The zero-order valence-corrected chi connectivity index (χ0v) is 8.41. The summed E-state index contributed by atoms with van der Waals surface area (Å²) < 4.78 is 0. The van der Waals surface area contributed by atoms with Crippen LogP contribution in [0.4, 0.5) is 0 Å². The molecule has 0 saturated heterocycles. The Balaban J connectivity index is -0.00000000900. The van der Waals surface area contributed by atoms with E-state index in [4.69, 9.17) is 0 Å². The van der Waals surface area contributed by atoms with E-state index in [1.165, 1.54) is 0 Å². The van der Waals surface area contributed by atoms with Crippen molar-refractivity contribution in [2.75, 3.05) is 18.8 Å². The Morgan fingerprint density at radius 3 is 0.571 bits per heavy atom. The molecule has 0 atom stereocenters. The predicted octanol–water partition coefficient (Wildman–Crippen LogP) is 0.109. The van der Waals surface area contributed by atoms with Gasteiger partial charge in [-0.3, -0.25) is 0 Å². The van der Waals surface area contributed by atoms with E-state index >= 15 is 0 Å². The quantitative estimate of drug-likeness (QED) is 0.372. The molecule has 4 heteroatoms. The monoisotopic (exact) mass is 168 g/mol. The molecule has 0 aromatic heterocycles. The summed E-state index contributed by atoms with van der Waals surface area (Å²) in [5.41, 5.74) is 0. The summed E-state index contributed by atoms with van der Waals surface area (Å²) in [7, 11) is 0. The van der Waals surface area contributed by atoms with Crippen molar-refractivity contribution in [2.24, 2.45) is 0 Å². The average molecular weight is 168 g/mol. The van der Waals surface area contributed by atoms with Crippen molar-refractivity contribution in [2.45, 2.75) is 0 Å². The summed E-state index contributed by atoms with van der Waals surface area (Å²) >= 11 is 12.2. The Labute approximate surface area is 73.8 Å². The molecule has 42 valence electrons. The van der Waals surface area contributed by atoms with Crippen LogP contribution in [0.15, 0.2) is 0 Å². The molecule has 0 saturated carbocycles. The zero-order chi connectivity index (χ0) is 6.00. The topological polar surface area (TPSA) is 0 Å². The van der Waals surface area contributed by atoms with Gasteiger partial charge >= 0.3 is 17.4 Å². The van der Waals surface area contributed by atoms with E-state index in [1.54, 1.807) is 18.8 Å². The molecule has 0 aliphatic carbocycles. The molecule has 0 bridgehead atoms. The number of hydrogen-bond acceptors (Lipinski definition) is 3. The maximum absolute atomic E-state index is 4.08. The summed E-state index contributed by atoms with van der Waals surface area (Å²) in [6.07, 6.45) is 4.75. The molecule has 0 spiro atoms. The molecule has 0 radical (unpaired) electrons. The summed E-state index contributed by atoms with van der Waals surface area (Å²) in [5.74, 6) is 0. The van der Waals surface area contributed by atoms with E-state index in [-0.39, 0.29) is 17.4 Å². The van der Waals surface area contributed by atoms with Gasteiger partial charge in [0.2, 0.25) is 0 Å². The van der Waals surface area contributed by atoms with Crippen molar-refractivity contribution in [3.05, 3.63) is 0 Å². The maximum atomic E-state index is 4.08. The molecule has 0 aromatic carbocycles.